The van der Waals surface area contributed by atoms with Crippen LogP contribution < -0.4 is 10.2 Å². The summed E-state index contributed by atoms with van der Waals surface area (Å²) in [5, 5.41) is 15.9. The van der Waals surface area contributed by atoms with Crippen LogP contribution in [0.2, 0.25) is 0 Å². The van der Waals surface area contributed by atoms with Crippen LogP contribution in [0.4, 0.5) is 5.82 Å². The lowest BCUT2D eigenvalue weighted by Gasteiger charge is -2.33. The number of rotatable bonds is 5. The van der Waals surface area contributed by atoms with Crippen LogP contribution in [0.1, 0.15) is 24.4 Å². The second-order valence-corrected chi connectivity index (χ2v) is 6.19. The van der Waals surface area contributed by atoms with E-state index >= 15 is 0 Å². The fraction of sp³-hybridized carbons (Fsp3) is 0.412. The number of anilines is 1. The van der Waals surface area contributed by atoms with Crippen molar-refractivity contribution in [2.24, 2.45) is 0 Å². The van der Waals surface area contributed by atoms with Crippen LogP contribution in [0.5, 0.6) is 0 Å². The highest BCUT2D eigenvalue weighted by atomic mass is 16.5. The van der Waals surface area contributed by atoms with Crippen molar-refractivity contribution in [2.45, 2.75) is 32.4 Å². The maximum atomic E-state index is 5.28. The molecule has 1 fully saturated rings. The normalized spacial score (nSPS) is 17.8. The minimum atomic E-state index is 0.343. The van der Waals surface area contributed by atoms with E-state index in [9.17, 15) is 0 Å². The van der Waals surface area contributed by atoms with Gasteiger partial charge in [-0.25, -0.2) is 0 Å². The van der Waals surface area contributed by atoms with Gasteiger partial charge in [-0.2, -0.15) is 10.1 Å². The SMILES string of the molecule is Cc1ccc(N2CCC[C@@H](NCc3nc(-c4ccco4)no3)C2)nn1. The molecule has 0 unspecified atom stereocenters. The molecule has 1 aliphatic heterocycles. The van der Waals surface area contributed by atoms with E-state index in [4.69, 9.17) is 8.94 Å². The maximum absolute atomic E-state index is 5.28. The summed E-state index contributed by atoms with van der Waals surface area (Å²) in [6.07, 6.45) is 3.80. The van der Waals surface area contributed by atoms with Gasteiger partial charge in [0.25, 0.3) is 0 Å². The Bertz CT molecular complexity index is 799. The third-order valence-corrected chi connectivity index (χ3v) is 4.28. The van der Waals surface area contributed by atoms with Crippen LogP contribution in [-0.4, -0.2) is 39.5 Å². The van der Waals surface area contributed by atoms with E-state index in [0.717, 1.165) is 37.4 Å². The Morgan fingerprint density at radius 3 is 3.04 bits per heavy atom. The summed E-state index contributed by atoms with van der Waals surface area (Å²) in [5.41, 5.74) is 0.930. The monoisotopic (exact) mass is 340 g/mol. The van der Waals surface area contributed by atoms with Gasteiger partial charge in [-0.05, 0) is 44.0 Å². The summed E-state index contributed by atoms with van der Waals surface area (Å²) >= 11 is 0. The fourth-order valence-corrected chi connectivity index (χ4v) is 2.98. The summed E-state index contributed by atoms with van der Waals surface area (Å²) in [5.74, 6) is 2.56. The molecule has 3 aromatic rings. The molecule has 0 bridgehead atoms. The van der Waals surface area contributed by atoms with E-state index in [1.54, 1.807) is 12.3 Å². The molecule has 0 aliphatic carbocycles. The van der Waals surface area contributed by atoms with Gasteiger partial charge in [0.15, 0.2) is 11.6 Å². The van der Waals surface area contributed by atoms with E-state index in [0.29, 0.717) is 30.1 Å². The summed E-state index contributed by atoms with van der Waals surface area (Å²) in [4.78, 5) is 6.61. The van der Waals surface area contributed by atoms with Crippen molar-refractivity contribution in [2.75, 3.05) is 18.0 Å². The van der Waals surface area contributed by atoms with Crippen molar-refractivity contribution < 1.29 is 8.94 Å². The van der Waals surface area contributed by atoms with Crippen molar-refractivity contribution in [3.63, 3.8) is 0 Å². The number of piperidine rings is 1. The number of aryl methyl sites for hydroxylation is 1. The Morgan fingerprint density at radius 1 is 1.28 bits per heavy atom. The average Bonchev–Trinajstić information content (AvgIpc) is 3.32. The number of hydrogen-bond donors (Lipinski definition) is 1. The molecule has 1 aliphatic rings. The molecule has 3 aromatic heterocycles. The minimum absolute atomic E-state index is 0.343. The van der Waals surface area contributed by atoms with Gasteiger partial charge in [0, 0.05) is 19.1 Å². The molecule has 0 amide bonds. The van der Waals surface area contributed by atoms with E-state index in [-0.39, 0.29) is 0 Å². The first-order chi connectivity index (χ1) is 12.3. The van der Waals surface area contributed by atoms with Gasteiger partial charge in [-0.1, -0.05) is 5.16 Å². The fourth-order valence-electron chi connectivity index (χ4n) is 2.98. The quantitative estimate of drug-likeness (QED) is 0.755. The number of hydrogen-bond acceptors (Lipinski definition) is 8. The summed E-state index contributed by atoms with van der Waals surface area (Å²) in [6.45, 7) is 4.36. The lowest BCUT2D eigenvalue weighted by atomic mass is 10.1. The van der Waals surface area contributed by atoms with Crippen LogP contribution in [0.3, 0.4) is 0 Å². The molecular formula is C17H20N6O2. The zero-order valence-corrected chi connectivity index (χ0v) is 14.1. The molecule has 1 saturated heterocycles. The summed E-state index contributed by atoms with van der Waals surface area (Å²) < 4.78 is 10.6. The average molecular weight is 340 g/mol. The third kappa shape index (κ3) is 3.69. The minimum Gasteiger partial charge on any atom is -0.461 e. The van der Waals surface area contributed by atoms with Gasteiger partial charge in [-0.15, -0.1) is 5.10 Å². The Kier molecular flexibility index (Phi) is 4.43. The zero-order valence-electron chi connectivity index (χ0n) is 14.1. The molecule has 0 aromatic carbocycles. The largest absolute Gasteiger partial charge is 0.461 e. The molecule has 8 heteroatoms. The number of nitrogens with one attached hydrogen (secondary N) is 1. The standard InChI is InChI=1S/C17H20N6O2/c1-12-6-7-15(21-20-12)23-8-2-4-13(11-23)18-10-16-19-17(22-25-16)14-5-3-9-24-14/h3,5-7,9,13,18H,2,4,8,10-11H2,1H3/t13-/m1/s1. The Balaban J connectivity index is 1.34. The predicted molar refractivity (Wildman–Crippen MR) is 90.8 cm³/mol. The Morgan fingerprint density at radius 2 is 2.24 bits per heavy atom. The maximum Gasteiger partial charge on any atom is 0.241 e. The van der Waals surface area contributed by atoms with Gasteiger partial charge in [0.05, 0.1) is 18.5 Å². The predicted octanol–water partition coefficient (Wildman–Crippen LogP) is 2.19. The summed E-state index contributed by atoms with van der Waals surface area (Å²) in [6, 6.07) is 7.97. The lowest BCUT2D eigenvalue weighted by Crippen LogP contribution is -2.45. The van der Waals surface area contributed by atoms with E-state index in [2.05, 4.69) is 30.6 Å². The van der Waals surface area contributed by atoms with Gasteiger partial charge >= 0.3 is 0 Å². The van der Waals surface area contributed by atoms with Crippen molar-refractivity contribution in [1.29, 1.82) is 0 Å². The smallest absolute Gasteiger partial charge is 0.241 e. The second-order valence-electron chi connectivity index (χ2n) is 6.19. The number of aromatic nitrogens is 4. The third-order valence-electron chi connectivity index (χ3n) is 4.28. The van der Waals surface area contributed by atoms with Crippen LogP contribution in [-0.2, 0) is 6.54 Å². The van der Waals surface area contributed by atoms with Crippen LogP contribution in [0.15, 0.2) is 39.5 Å². The van der Waals surface area contributed by atoms with Gasteiger partial charge in [0.2, 0.25) is 11.7 Å². The van der Waals surface area contributed by atoms with Crippen molar-refractivity contribution in [1.82, 2.24) is 25.7 Å². The summed E-state index contributed by atoms with van der Waals surface area (Å²) in [7, 11) is 0. The molecule has 1 N–H and O–H groups in total. The first kappa shape index (κ1) is 15.8. The molecule has 8 nitrogen and oxygen atoms in total. The molecule has 0 saturated carbocycles. The molecule has 1 atom stereocenters. The first-order valence-corrected chi connectivity index (χ1v) is 8.43. The van der Waals surface area contributed by atoms with E-state index in [1.807, 2.05) is 25.1 Å². The molecule has 130 valence electrons. The zero-order chi connectivity index (χ0) is 17.1. The lowest BCUT2D eigenvalue weighted by molar-refractivity contribution is 0.343. The van der Waals surface area contributed by atoms with Crippen LogP contribution in [0, 0.1) is 6.92 Å². The molecular weight excluding hydrogens is 320 g/mol. The molecule has 25 heavy (non-hydrogen) atoms. The molecule has 0 spiro atoms. The first-order valence-electron chi connectivity index (χ1n) is 8.43. The topological polar surface area (TPSA) is 93.1 Å². The second kappa shape index (κ2) is 7.02. The van der Waals surface area contributed by atoms with Gasteiger partial charge in [0.1, 0.15) is 0 Å². The van der Waals surface area contributed by atoms with Crippen LogP contribution in [0.25, 0.3) is 11.6 Å². The van der Waals surface area contributed by atoms with Gasteiger partial charge < -0.3 is 19.2 Å². The van der Waals surface area contributed by atoms with Crippen molar-refractivity contribution in [3.8, 4) is 11.6 Å². The van der Waals surface area contributed by atoms with Gasteiger partial charge in [-0.3, -0.25) is 0 Å². The molecule has 0 radical (unpaired) electrons. The van der Waals surface area contributed by atoms with Crippen LogP contribution >= 0.6 is 0 Å². The highest BCUT2D eigenvalue weighted by Crippen LogP contribution is 2.18. The molecule has 4 heterocycles. The van der Waals surface area contributed by atoms with Crippen molar-refractivity contribution >= 4 is 5.82 Å². The Labute approximate surface area is 145 Å². The number of nitrogens with zero attached hydrogens (tertiary/aromatic N) is 5. The number of furan rings is 1. The van der Waals surface area contributed by atoms with E-state index in [1.165, 1.54) is 0 Å². The highest BCUT2D eigenvalue weighted by molar-refractivity contribution is 5.44. The van der Waals surface area contributed by atoms with E-state index < -0.39 is 0 Å². The Hall–Kier alpha value is -2.74. The molecule has 4 rings (SSSR count). The van der Waals surface area contributed by atoms with Crippen molar-refractivity contribution in [3.05, 3.63) is 42.1 Å². The highest BCUT2D eigenvalue weighted by Gasteiger charge is 2.21.